The third-order valence-electron chi connectivity index (χ3n) is 0.893. The zero-order valence-electron chi connectivity index (χ0n) is 4.63. The molecule has 1 heterocycles. The van der Waals surface area contributed by atoms with Gasteiger partial charge >= 0.3 is 0 Å². The second-order valence-corrected chi connectivity index (χ2v) is 1.56. The molecular formula is C6H5NO2. The number of aromatic amines is 1. The summed E-state index contributed by atoms with van der Waals surface area (Å²) >= 11 is 0. The van der Waals surface area contributed by atoms with Crippen molar-refractivity contribution in [1.82, 2.24) is 4.98 Å². The molecule has 46 valence electrons. The van der Waals surface area contributed by atoms with E-state index >= 15 is 0 Å². The molecule has 0 saturated carbocycles. The predicted molar refractivity (Wildman–Crippen MR) is 33.3 cm³/mol. The van der Waals surface area contributed by atoms with Crippen LogP contribution in [0.25, 0.3) is 0 Å². The Bertz CT molecular complexity index is 272. The summed E-state index contributed by atoms with van der Waals surface area (Å²) in [5, 5.41) is 0. The van der Waals surface area contributed by atoms with E-state index in [1.54, 1.807) is 6.07 Å². The molecule has 1 rings (SSSR count). The van der Waals surface area contributed by atoms with Gasteiger partial charge in [-0.3, -0.25) is 9.59 Å². The van der Waals surface area contributed by atoms with Crippen LogP contribution in [0, 0.1) is 0 Å². The minimum Gasteiger partial charge on any atom is -0.326 e. The van der Waals surface area contributed by atoms with Gasteiger partial charge in [0.05, 0.1) is 0 Å². The Morgan fingerprint density at radius 1 is 1.22 bits per heavy atom. The number of hydrogen-bond acceptors (Lipinski definition) is 2. The molecule has 0 aliphatic carbocycles. The zero-order valence-corrected chi connectivity index (χ0v) is 4.63. The van der Waals surface area contributed by atoms with Gasteiger partial charge in [-0.2, -0.15) is 0 Å². The van der Waals surface area contributed by atoms with E-state index in [9.17, 15) is 9.59 Å². The predicted octanol–water partition coefficient (Wildman–Crippen LogP) is -0.265. The highest BCUT2D eigenvalue weighted by atomic mass is 16.2. The van der Waals surface area contributed by atoms with Gasteiger partial charge in [0.25, 0.3) is 5.56 Å². The van der Waals surface area contributed by atoms with Crippen LogP contribution in [0.3, 0.4) is 0 Å². The fourth-order valence-corrected chi connectivity index (χ4v) is 0.469. The maximum atomic E-state index is 10.5. The third-order valence-corrected chi connectivity index (χ3v) is 0.893. The zero-order chi connectivity index (χ0) is 6.69. The van der Waals surface area contributed by atoms with Crippen LogP contribution in [0.2, 0.25) is 0 Å². The molecule has 1 N–H and O–H groups in total. The monoisotopic (exact) mass is 123 g/mol. The highest BCUT2D eigenvalue weighted by Gasteiger charge is 1.82. The maximum Gasteiger partial charge on any atom is 0.295 e. The van der Waals surface area contributed by atoms with Gasteiger partial charge in [0.15, 0.2) is 0 Å². The van der Waals surface area contributed by atoms with E-state index in [1.807, 2.05) is 0 Å². The molecule has 0 amide bonds. The van der Waals surface area contributed by atoms with Crippen LogP contribution in [0.15, 0.2) is 34.0 Å². The molecule has 0 aliphatic rings. The van der Waals surface area contributed by atoms with E-state index in [2.05, 4.69) is 4.98 Å². The topological polar surface area (TPSA) is 49.9 Å². The van der Waals surface area contributed by atoms with Crippen molar-refractivity contribution in [2.24, 2.45) is 0 Å². The minimum atomic E-state index is -0.583. The molecule has 0 fully saturated rings. The Hall–Kier alpha value is -1.38. The summed E-state index contributed by atoms with van der Waals surface area (Å²) in [6.07, 6.45) is 1.42. The van der Waals surface area contributed by atoms with Crippen LogP contribution in [0.5, 0.6) is 0 Å². The molecule has 3 nitrogen and oxygen atoms in total. The van der Waals surface area contributed by atoms with Crippen LogP contribution >= 0.6 is 0 Å². The Labute approximate surface area is 51.0 Å². The molecule has 0 aromatic carbocycles. The Balaban J connectivity index is 3.62. The van der Waals surface area contributed by atoms with E-state index in [-0.39, 0.29) is 0 Å². The normalized spacial score (nSPS) is 8.89. The van der Waals surface area contributed by atoms with Crippen molar-refractivity contribution in [3.05, 3.63) is 45.0 Å². The average Bonchev–Trinajstić information content (AvgIpc) is 1.99. The smallest absolute Gasteiger partial charge is 0.295 e. The van der Waals surface area contributed by atoms with E-state index < -0.39 is 11.0 Å². The summed E-state index contributed by atoms with van der Waals surface area (Å²) in [5.74, 6) is 0. The van der Waals surface area contributed by atoms with Crippen molar-refractivity contribution in [2.75, 3.05) is 0 Å². The molecule has 0 aliphatic heterocycles. The van der Waals surface area contributed by atoms with E-state index in [0.717, 1.165) is 0 Å². The van der Waals surface area contributed by atoms with Gasteiger partial charge in [-0.25, -0.2) is 0 Å². The van der Waals surface area contributed by atoms with Crippen LogP contribution < -0.4 is 11.0 Å². The second kappa shape index (κ2) is 2.26. The molecule has 0 bridgehead atoms. The van der Waals surface area contributed by atoms with Gasteiger partial charge in [0.2, 0.25) is 5.43 Å². The molecule has 1 aromatic heterocycles. The molecule has 3 heteroatoms. The fraction of sp³-hybridized carbons (Fsp3) is 0. The van der Waals surface area contributed by atoms with Crippen molar-refractivity contribution in [1.29, 1.82) is 0 Å². The number of nitrogens with one attached hydrogen (secondary N) is 1. The minimum absolute atomic E-state index is 0.514. The number of H-pyrrole nitrogens is 1. The maximum absolute atomic E-state index is 10.5. The number of hydrogen-bond donors (Lipinski definition) is 1. The quantitative estimate of drug-likeness (QED) is 0.483. The Kier molecular flexibility index (Phi) is 1.44. The van der Waals surface area contributed by atoms with Crippen LogP contribution in [0.1, 0.15) is 0 Å². The van der Waals surface area contributed by atoms with Gasteiger partial charge in [0, 0.05) is 6.20 Å². The Morgan fingerprint density at radius 2 is 2.00 bits per heavy atom. The molecule has 9 heavy (non-hydrogen) atoms. The average molecular weight is 123 g/mol. The first-order valence-corrected chi connectivity index (χ1v) is 2.49. The molecule has 0 saturated heterocycles. The van der Waals surface area contributed by atoms with Crippen molar-refractivity contribution < 1.29 is 0 Å². The lowest BCUT2D eigenvalue weighted by molar-refractivity contribution is 1.24. The largest absolute Gasteiger partial charge is 0.326 e. The van der Waals surface area contributed by atoms with Gasteiger partial charge in [-0.1, -0.05) is 6.07 Å². The highest BCUT2D eigenvalue weighted by molar-refractivity contribution is 4.92. The van der Waals surface area contributed by atoms with Crippen molar-refractivity contribution >= 4 is 0 Å². The lowest BCUT2D eigenvalue weighted by Gasteiger charge is -1.61. The third kappa shape index (κ3) is 1.25. The SMILES string of the molecule is O=c1cccc[nH]c1=O. The Morgan fingerprint density at radius 3 is 2.78 bits per heavy atom. The molecule has 0 atom stereocenters. The standard InChI is InChI=1S/C6H5NO2/c8-5-3-1-2-4-7-6(5)9/h1-4H,(H,7,8,9). The highest BCUT2D eigenvalue weighted by Crippen LogP contribution is 1.64. The first-order chi connectivity index (χ1) is 4.30. The van der Waals surface area contributed by atoms with Crippen LogP contribution in [-0.2, 0) is 0 Å². The first-order valence-electron chi connectivity index (χ1n) is 2.49. The summed E-state index contributed by atoms with van der Waals surface area (Å²) in [4.78, 5) is 23.2. The second-order valence-electron chi connectivity index (χ2n) is 1.56. The lowest BCUT2D eigenvalue weighted by Crippen LogP contribution is -2.21. The summed E-state index contributed by atoms with van der Waals surface area (Å²) in [7, 11) is 0. The number of rotatable bonds is 0. The van der Waals surface area contributed by atoms with Gasteiger partial charge in [0.1, 0.15) is 0 Å². The summed E-state index contributed by atoms with van der Waals surface area (Å²) < 4.78 is 0. The van der Waals surface area contributed by atoms with E-state index in [1.165, 1.54) is 18.3 Å². The van der Waals surface area contributed by atoms with Crippen LogP contribution in [0.4, 0.5) is 0 Å². The summed E-state index contributed by atoms with van der Waals surface area (Å²) in [6, 6.07) is 4.32. The lowest BCUT2D eigenvalue weighted by atomic mass is 10.5. The van der Waals surface area contributed by atoms with E-state index in [4.69, 9.17) is 0 Å². The van der Waals surface area contributed by atoms with Gasteiger partial charge in [-0.15, -0.1) is 0 Å². The van der Waals surface area contributed by atoms with Crippen molar-refractivity contribution in [3.63, 3.8) is 0 Å². The van der Waals surface area contributed by atoms with Crippen molar-refractivity contribution in [3.8, 4) is 0 Å². The molecule has 1 aromatic rings. The first kappa shape index (κ1) is 5.75. The number of aromatic nitrogens is 1. The molecule has 0 unspecified atom stereocenters. The molecule has 0 radical (unpaired) electrons. The molecular weight excluding hydrogens is 118 g/mol. The van der Waals surface area contributed by atoms with Crippen LogP contribution in [-0.4, -0.2) is 4.98 Å². The summed E-state index contributed by atoms with van der Waals surface area (Å²) in [6.45, 7) is 0. The molecule has 0 spiro atoms. The fourth-order valence-electron chi connectivity index (χ4n) is 0.469. The van der Waals surface area contributed by atoms with E-state index in [0.29, 0.717) is 0 Å². The van der Waals surface area contributed by atoms with Gasteiger partial charge in [-0.05, 0) is 12.1 Å². The van der Waals surface area contributed by atoms with Gasteiger partial charge < -0.3 is 4.98 Å². The summed E-state index contributed by atoms with van der Waals surface area (Å²) in [5.41, 5.74) is -1.10. The van der Waals surface area contributed by atoms with Crippen molar-refractivity contribution in [2.45, 2.75) is 0 Å².